The summed E-state index contributed by atoms with van der Waals surface area (Å²) in [5, 5.41) is 0.337. The van der Waals surface area contributed by atoms with Crippen LogP contribution in [-0.2, 0) is 13.1 Å². The number of para-hydroxylation sites is 1. The number of rotatable bonds is 6. The number of benzene rings is 1. The van der Waals surface area contributed by atoms with Crippen LogP contribution in [0.5, 0.6) is 0 Å². The van der Waals surface area contributed by atoms with Gasteiger partial charge in [0, 0.05) is 24.8 Å². The minimum atomic E-state index is -2.66. The lowest BCUT2D eigenvalue weighted by molar-refractivity contribution is 0.120. The Kier molecular flexibility index (Phi) is 5.72. The molecule has 7 nitrogen and oxygen atoms in total. The summed E-state index contributed by atoms with van der Waals surface area (Å²) in [7, 11) is 0. The van der Waals surface area contributed by atoms with Gasteiger partial charge in [-0.25, -0.2) is 18.7 Å². The number of aryl methyl sites for hydroxylation is 1. The Balaban J connectivity index is 1.67. The average Bonchev–Trinajstić information content (AvgIpc) is 3.17. The minimum absolute atomic E-state index is 0.128. The number of fused-ring (bicyclic) bond motifs is 1. The highest BCUT2D eigenvalue weighted by atomic mass is 19.3. The highest BCUT2D eigenvalue weighted by Crippen LogP contribution is 2.31. The lowest BCUT2D eigenvalue weighted by Crippen LogP contribution is -2.36. The Bertz CT molecular complexity index is 1170. The molecule has 1 aliphatic heterocycles. The average molecular weight is 415 g/mol. The molecule has 3 aromatic rings. The quantitative estimate of drug-likeness (QED) is 0.618. The molecule has 0 radical (unpaired) electrons. The van der Waals surface area contributed by atoms with Crippen molar-refractivity contribution in [1.82, 2.24) is 24.0 Å². The lowest BCUT2D eigenvalue weighted by Gasteiger charge is -2.26. The molecule has 4 rings (SSSR count). The molecule has 1 saturated heterocycles. The van der Waals surface area contributed by atoms with E-state index in [1.807, 2.05) is 0 Å². The zero-order valence-electron chi connectivity index (χ0n) is 16.7. The van der Waals surface area contributed by atoms with Crippen LogP contribution in [0.4, 0.5) is 8.78 Å². The van der Waals surface area contributed by atoms with Crippen molar-refractivity contribution in [1.29, 1.82) is 0 Å². The predicted molar refractivity (Wildman–Crippen MR) is 109 cm³/mol. The summed E-state index contributed by atoms with van der Waals surface area (Å²) in [5.41, 5.74) is 0.596. The summed E-state index contributed by atoms with van der Waals surface area (Å²) < 4.78 is 29.2. The smallest absolute Gasteiger partial charge is 0.261 e. The van der Waals surface area contributed by atoms with E-state index >= 15 is 0 Å². The summed E-state index contributed by atoms with van der Waals surface area (Å²) in [4.78, 5) is 35.9. The van der Waals surface area contributed by atoms with Crippen molar-refractivity contribution in [2.24, 2.45) is 0 Å². The SMILES string of the molecule is Cc1cc(=O)n(CCN2CCCC2c2nc3ccccc3c(=O)n2CC(F)F)cn1. The van der Waals surface area contributed by atoms with Crippen LogP contribution in [0.15, 0.2) is 46.2 Å². The van der Waals surface area contributed by atoms with E-state index in [4.69, 9.17) is 0 Å². The van der Waals surface area contributed by atoms with Gasteiger partial charge < -0.3 is 0 Å². The molecule has 0 aliphatic carbocycles. The summed E-state index contributed by atoms with van der Waals surface area (Å²) in [6.45, 7) is 2.78. The standard InChI is InChI=1S/C21H23F2N5O2/c1-14-11-19(29)27(13-24-14)10-9-26-8-4-7-17(26)20-25-16-6-3-2-5-15(16)21(30)28(20)12-18(22)23/h2-3,5-6,11,13,17-18H,4,7-10,12H2,1H3. The summed E-state index contributed by atoms with van der Waals surface area (Å²) >= 11 is 0. The molecule has 158 valence electrons. The molecule has 0 spiro atoms. The molecule has 3 heterocycles. The molecule has 1 aromatic carbocycles. The zero-order valence-corrected chi connectivity index (χ0v) is 16.7. The van der Waals surface area contributed by atoms with Crippen LogP contribution in [0.2, 0.25) is 0 Å². The fourth-order valence-corrected chi connectivity index (χ4v) is 4.06. The van der Waals surface area contributed by atoms with Gasteiger partial charge in [0.05, 0.1) is 29.8 Å². The van der Waals surface area contributed by atoms with Gasteiger partial charge in [0.25, 0.3) is 17.5 Å². The molecule has 30 heavy (non-hydrogen) atoms. The first-order chi connectivity index (χ1) is 14.4. The number of halogens is 2. The monoisotopic (exact) mass is 415 g/mol. The van der Waals surface area contributed by atoms with E-state index in [-0.39, 0.29) is 11.6 Å². The second kappa shape index (κ2) is 8.43. The van der Waals surface area contributed by atoms with Crippen molar-refractivity contribution in [2.45, 2.75) is 45.3 Å². The normalized spacial score (nSPS) is 17.3. The first-order valence-corrected chi connectivity index (χ1v) is 9.99. The maximum atomic E-state index is 13.3. The number of likely N-dealkylation sites (tertiary alicyclic amines) is 1. The Morgan fingerprint density at radius 1 is 1.20 bits per heavy atom. The van der Waals surface area contributed by atoms with Crippen LogP contribution < -0.4 is 11.1 Å². The third-order valence-electron chi connectivity index (χ3n) is 5.52. The zero-order chi connectivity index (χ0) is 21.3. The first-order valence-electron chi connectivity index (χ1n) is 9.99. The van der Waals surface area contributed by atoms with Gasteiger partial charge in [0.1, 0.15) is 5.82 Å². The summed E-state index contributed by atoms with van der Waals surface area (Å²) in [5.74, 6) is 0.367. The van der Waals surface area contributed by atoms with E-state index in [2.05, 4.69) is 14.9 Å². The maximum Gasteiger partial charge on any atom is 0.261 e. The molecule has 0 N–H and O–H groups in total. The molecule has 9 heteroatoms. The second-order valence-electron chi connectivity index (χ2n) is 7.55. The van der Waals surface area contributed by atoms with Crippen LogP contribution in [0.25, 0.3) is 10.9 Å². The van der Waals surface area contributed by atoms with Crippen molar-refractivity contribution in [3.05, 3.63) is 68.9 Å². The number of hydrogen-bond donors (Lipinski definition) is 0. The summed E-state index contributed by atoms with van der Waals surface area (Å²) in [6, 6.07) is 8.04. The highest BCUT2D eigenvalue weighted by Gasteiger charge is 2.30. The third-order valence-corrected chi connectivity index (χ3v) is 5.52. The topological polar surface area (TPSA) is 73.0 Å². The molecule has 2 aromatic heterocycles. The molecule has 1 aliphatic rings. The third kappa shape index (κ3) is 4.02. The Labute approximate surface area is 171 Å². The van der Waals surface area contributed by atoms with E-state index in [1.165, 1.54) is 17.0 Å². The van der Waals surface area contributed by atoms with Gasteiger partial charge in [0.15, 0.2) is 0 Å². The lowest BCUT2D eigenvalue weighted by atomic mass is 10.1. The van der Waals surface area contributed by atoms with Crippen LogP contribution in [-0.4, -0.2) is 43.5 Å². The van der Waals surface area contributed by atoms with Crippen LogP contribution in [0, 0.1) is 6.92 Å². The number of alkyl halides is 2. The fourth-order valence-electron chi connectivity index (χ4n) is 4.06. The Hall–Kier alpha value is -2.94. The minimum Gasteiger partial charge on any atom is -0.298 e. The van der Waals surface area contributed by atoms with Crippen LogP contribution in [0.3, 0.4) is 0 Å². The molecule has 1 fully saturated rings. The maximum absolute atomic E-state index is 13.3. The van der Waals surface area contributed by atoms with Crippen LogP contribution >= 0.6 is 0 Å². The van der Waals surface area contributed by atoms with Gasteiger partial charge in [0.2, 0.25) is 0 Å². The number of aromatic nitrogens is 4. The van der Waals surface area contributed by atoms with Gasteiger partial charge >= 0.3 is 0 Å². The van der Waals surface area contributed by atoms with Gasteiger partial charge in [-0.3, -0.25) is 23.6 Å². The van der Waals surface area contributed by atoms with Gasteiger partial charge in [-0.15, -0.1) is 0 Å². The largest absolute Gasteiger partial charge is 0.298 e. The molecular weight excluding hydrogens is 392 g/mol. The highest BCUT2D eigenvalue weighted by molar-refractivity contribution is 5.77. The van der Waals surface area contributed by atoms with Crippen LogP contribution in [0.1, 0.15) is 30.4 Å². The van der Waals surface area contributed by atoms with E-state index < -0.39 is 18.5 Å². The van der Waals surface area contributed by atoms with Crippen molar-refractivity contribution in [3.63, 3.8) is 0 Å². The van der Waals surface area contributed by atoms with Crippen molar-refractivity contribution in [2.75, 3.05) is 13.1 Å². The predicted octanol–water partition coefficient (Wildman–Crippen LogP) is 2.36. The Morgan fingerprint density at radius 3 is 2.77 bits per heavy atom. The van der Waals surface area contributed by atoms with Crippen molar-refractivity contribution < 1.29 is 8.78 Å². The Morgan fingerprint density at radius 2 is 2.00 bits per heavy atom. The molecule has 0 saturated carbocycles. The number of nitrogens with zero attached hydrogens (tertiary/aromatic N) is 5. The van der Waals surface area contributed by atoms with Gasteiger partial charge in [-0.2, -0.15) is 0 Å². The number of hydrogen-bond acceptors (Lipinski definition) is 5. The molecular formula is C21H23F2N5O2. The van der Waals surface area contributed by atoms with E-state index in [1.54, 1.807) is 31.2 Å². The molecule has 0 bridgehead atoms. The van der Waals surface area contributed by atoms with E-state index in [9.17, 15) is 18.4 Å². The van der Waals surface area contributed by atoms with E-state index in [0.717, 1.165) is 24.0 Å². The van der Waals surface area contributed by atoms with E-state index in [0.29, 0.717) is 35.5 Å². The van der Waals surface area contributed by atoms with Crippen molar-refractivity contribution >= 4 is 10.9 Å². The summed E-state index contributed by atoms with van der Waals surface area (Å²) in [6.07, 6.45) is 0.443. The van der Waals surface area contributed by atoms with Gasteiger partial charge in [-0.1, -0.05) is 12.1 Å². The molecule has 1 unspecified atom stereocenters. The second-order valence-corrected chi connectivity index (χ2v) is 7.55. The van der Waals surface area contributed by atoms with Crippen molar-refractivity contribution in [3.8, 4) is 0 Å². The molecule has 1 atom stereocenters. The fraction of sp³-hybridized carbons (Fsp3) is 0.429. The molecule has 0 amide bonds. The van der Waals surface area contributed by atoms with Gasteiger partial charge in [-0.05, 0) is 38.4 Å². The first kappa shape index (κ1) is 20.3.